The maximum absolute atomic E-state index is 12.9. The van der Waals surface area contributed by atoms with E-state index in [1.165, 1.54) is 83.5 Å². The van der Waals surface area contributed by atoms with Crippen molar-refractivity contribution >= 4 is 19.8 Å². The number of allylic oxidation sites excluding steroid dienone is 36. The van der Waals surface area contributed by atoms with Gasteiger partial charge in [0.05, 0.1) is 27.7 Å². The number of unbranched alkanes of at least 4 members (excludes halogenated alkanes) is 20. The maximum atomic E-state index is 12.9. The molecule has 2 atom stereocenters. The highest BCUT2D eigenvalue weighted by atomic mass is 31.2. The predicted octanol–water partition coefficient (Wildman–Crippen LogP) is 26.7. The first-order valence-corrected chi connectivity index (χ1v) is 41.0. The number of phosphoric acid groups is 1. The Kier molecular flexibility index (Phi) is 73.1. The molecule has 562 valence electrons. The third-order valence-electron chi connectivity index (χ3n) is 16.0. The van der Waals surface area contributed by atoms with Crippen molar-refractivity contribution in [2.75, 3.05) is 47.5 Å². The monoisotopic (exact) mass is 1400 g/mol. The number of phosphoric ester groups is 1. The summed E-state index contributed by atoms with van der Waals surface area (Å²) in [6, 6.07) is 0. The number of rotatable bonds is 70. The Morgan fingerprint density at radius 2 is 0.540 bits per heavy atom. The van der Waals surface area contributed by atoms with Gasteiger partial charge < -0.3 is 18.9 Å². The number of likely N-dealkylation sites (N-methyl/N-ethyl adjacent to an activating group) is 1. The van der Waals surface area contributed by atoms with E-state index in [0.717, 1.165) is 167 Å². The second-order valence-electron chi connectivity index (χ2n) is 26.6. The molecule has 1 N–H and O–H groups in total. The summed E-state index contributed by atoms with van der Waals surface area (Å²) in [6.45, 7) is 4.18. The van der Waals surface area contributed by atoms with Crippen molar-refractivity contribution in [2.45, 2.75) is 290 Å². The maximum Gasteiger partial charge on any atom is 0.472 e. The van der Waals surface area contributed by atoms with Gasteiger partial charge in [0.15, 0.2) is 6.10 Å². The largest absolute Gasteiger partial charge is 0.472 e. The molecule has 0 radical (unpaired) electrons. The average Bonchev–Trinajstić information content (AvgIpc) is 1.07. The van der Waals surface area contributed by atoms with Crippen LogP contribution in [0.1, 0.15) is 284 Å². The fourth-order valence-electron chi connectivity index (χ4n) is 10.1. The Labute approximate surface area is 614 Å². The first-order valence-electron chi connectivity index (χ1n) is 39.5. The summed E-state index contributed by atoms with van der Waals surface area (Å²) >= 11 is 0. The van der Waals surface area contributed by atoms with Crippen molar-refractivity contribution in [3.05, 3.63) is 219 Å². The summed E-state index contributed by atoms with van der Waals surface area (Å²) in [5.74, 6) is -0.820. The average molecular weight is 1400 g/mol. The van der Waals surface area contributed by atoms with Crippen LogP contribution in [0, 0.1) is 0 Å². The van der Waals surface area contributed by atoms with Crippen LogP contribution in [0.15, 0.2) is 219 Å². The second-order valence-corrected chi connectivity index (χ2v) is 28.1. The number of hydrogen-bond acceptors (Lipinski definition) is 7. The van der Waals surface area contributed by atoms with E-state index in [4.69, 9.17) is 18.5 Å². The molecule has 0 rings (SSSR count). The number of esters is 2. The summed E-state index contributed by atoms with van der Waals surface area (Å²) in [4.78, 5) is 36.0. The number of hydrogen-bond donors (Lipinski definition) is 1. The summed E-state index contributed by atoms with van der Waals surface area (Å²) in [7, 11) is 1.45. The zero-order chi connectivity index (χ0) is 72.5. The Morgan fingerprint density at radius 1 is 0.310 bits per heavy atom. The van der Waals surface area contributed by atoms with Crippen molar-refractivity contribution < 1.29 is 42.1 Å². The van der Waals surface area contributed by atoms with Crippen LogP contribution in [0.3, 0.4) is 0 Å². The molecule has 9 nitrogen and oxygen atoms in total. The summed E-state index contributed by atoms with van der Waals surface area (Å²) < 4.78 is 34.8. The molecule has 0 aromatic rings. The Bertz CT molecular complexity index is 2500. The molecule has 0 aliphatic rings. The summed E-state index contributed by atoms with van der Waals surface area (Å²) in [5, 5.41) is 0. The molecular weight excluding hydrogens is 1250 g/mol. The minimum atomic E-state index is -4.41. The summed E-state index contributed by atoms with van der Waals surface area (Å²) in [5.41, 5.74) is 0. The van der Waals surface area contributed by atoms with Crippen LogP contribution in [-0.2, 0) is 32.7 Å². The number of carbonyl (C=O) groups excluding carboxylic acids is 2. The van der Waals surface area contributed by atoms with E-state index in [2.05, 4.69) is 233 Å². The zero-order valence-corrected chi connectivity index (χ0v) is 65.0. The molecular formula is C90H145NO8P+. The first-order chi connectivity index (χ1) is 49.0. The standard InChI is InChI=1S/C90H144NO8P/c1-6-8-10-12-14-16-18-20-22-24-26-28-30-32-34-36-38-40-42-44-45-47-49-51-53-55-57-59-61-63-65-67-69-71-73-75-77-79-81-83-90(93)99-88(87-98-100(94,95)97-85-84-91(3,4)5)86-96-89(92)82-80-78-76-74-72-70-68-66-64-62-60-58-56-54-52-50-48-46-43-41-39-37-35-33-31-29-27-25-23-21-19-17-15-13-11-9-7-2/h8-11,14-17,20-23,26-29,32-35,38-41,44-46,48-49,51-52,54-55,57,61,63,88H,6-7,12-13,18-19,24-25,30-31,36-37,42-43,47,50,53,56,58-60,62,64-87H2,1-5H3/p+1/b10-8-,11-9-,16-14-,17-15-,22-20-,23-21-,28-26-,29-27-,34-32-,35-33-,40-38-,41-39-,45-44-,48-46-,51-49-,54-52-,57-55-,63-61-. The number of carbonyl (C=O) groups is 2. The Balaban J connectivity index is 4.11. The van der Waals surface area contributed by atoms with Gasteiger partial charge in [-0.1, -0.05) is 335 Å². The molecule has 0 aliphatic heterocycles. The molecule has 0 amide bonds. The highest BCUT2D eigenvalue weighted by Crippen LogP contribution is 2.43. The van der Waals surface area contributed by atoms with Gasteiger partial charge in [0, 0.05) is 12.8 Å². The van der Waals surface area contributed by atoms with E-state index in [0.29, 0.717) is 17.4 Å². The van der Waals surface area contributed by atoms with Crippen LogP contribution >= 0.6 is 7.82 Å². The molecule has 0 saturated carbocycles. The second kappa shape index (κ2) is 77.5. The van der Waals surface area contributed by atoms with Gasteiger partial charge in [-0.2, -0.15) is 0 Å². The third-order valence-corrected chi connectivity index (χ3v) is 17.0. The van der Waals surface area contributed by atoms with Crippen molar-refractivity contribution in [3.63, 3.8) is 0 Å². The van der Waals surface area contributed by atoms with Crippen LogP contribution in [0.4, 0.5) is 0 Å². The van der Waals surface area contributed by atoms with Gasteiger partial charge in [-0.05, 0) is 154 Å². The van der Waals surface area contributed by atoms with E-state index in [-0.39, 0.29) is 32.0 Å². The molecule has 0 fully saturated rings. The number of quaternary nitrogens is 1. The van der Waals surface area contributed by atoms with Crippen molar-refractivity contribution in [1.82, 2.24) is 0 Å². The van der Waals surface area contributed by atoms with Crippen LogP contribution in [0.2, 0.25) is 0 Å². The molecule has 0 aromatic carbocycles. The predicted molar refractivity (Wildman–Crippen MR) is 435 cm³/mol. The molecule has 10 heteroatoms. The van der Waals surface area contributed by atoms with Gasteiger partial charge in [0.25, 0.3) is 0 Å². The van der Waals surface area contributed by atoms with Gasteiger partial charge in [0.1, 0.15) is 19.8 Å². The van der Waals surface area contributed by atoms with Crippen LogP contribution in [0.25, 0.3) is 0 Å². The highest BCUT2D eigenvalue weighted by Gasteiger charge is 2.27. The quantitative estimate of drug-likeness (QED) is 0.0211. The lowest BCUT2D eigenvalue weighted by atomic mass is 10.0. The van der Waals surface area contributed by atoms with Gasteiger partial charge in [-0.15, -0.1) is 0 Å². The highest BCUT2D eigenvalue weighted by molar-refractivity contribution is 7.47. The van der Waals surface area contributed by atoms with Gasteiger partial charge >= 0.3 is 19.8 Å². The molecule has 2 unspecified atom stereocenters. The van der Waals surface area contributed by atoms with Gasteiger partial charge in [0.2, 0.25) is 0 Å². The van der Waals surface area contributed by atoms with Gasteiger partial charge in [-0.3, -0.25) is 18.6 Å². The molecule has 100 heavy (non-hydrogen) atoms. The van der Waals surface area contributed by atoms with Gasteiger partial charge in [-0.25, -0.2) is 4.57 Å². The topological polar surface area (TPSA) is 108 Å². The SMILES string of the molecule is CC/C=C\C/C=C\C/C=C\C/C=C\C/C=C\C/C=C\C/C=C\C/C=C\C/C=C\C/C=C\CCCCCCCCCCC(=O)OC(COC(=O)CCCCCCCCCCCCCC/C=C\C/C=C\C/C=C\C/C=C\C/C=C\C/C=C\C/C=C\C/C=C\CC)COP(=O)(O)OCC[N+](C)(C)C. The van der Waals surface area contributed by atoms with Crippen molar-refractivity contribution in [3.8, 4) is 0 Å². The van der Waals surface area contributed by atoms with E-state index in [9.17, 15) is 19.0 Å². The van der Waals surface area contributed by atoms with E-state index in [1.54, 1.807) is 0 Å². The Hall–Kier alpha value is -5.67. The zero-order valence-electron chi connectivity index (χ0n) is 64.1. The number of nitrogens with zero attached hydrogens (tertiary/aromatic N) is 1. The molecule has 0 aliphatic carbocycles. The lowest BCUT2D eigenvalue weighted by Crippen LogP contribution is -2.37. The first kappa shape index (κ1) is 94.3. The molecule has 0 aromatic heterocycles. The molecule has 0 heterocycles. The van der Waals surface area contributed by atoms with Crippen LogP contribution in [-0.4, -0.2) is 74.9 Å². The number of ether oxygens (including phenoxy) is 2. The summed E-state index contributed by atoms with van der Waals surface area (Å²) in [6.07, 6.45) is 123. The lowest BCUT2D eigenvalue weighted by Gasteiger charge is -2.24. The van der Waals surface area contributed by atoms with E-state index >= 15 is 0 Å². The fourth-order valence-corrected chi connectivity index (χ4v) is 10.8. The van der Waals surface area contributed by atoms with Crippen LogP contribution in [0.5, 0.6) is 0 Å². The van der Waals surface area contributed by atoms with Crippen molar-refractivity contribution in [2.24, 2.45) is 0 Å². The molecule has 0 bridgehead atoms. The fraction of sp³-hybridized carbons (Fsp3) is 0.578. The molecule has 0 spiro atoms. The van der Waals surface area contributed by atoms with E-state index in [1.807, 2.05) is 21.1 Å². The van der Waals surface area contributed by atoms with Crippen LogP contribution < -0.4 is 0 Å². The lowest BCUT2D eigenvalue weighted by molar-refractivity contribution is -0.870. The Morgan fingerprint density at radius 3 is 0.800 bits per heavy atom. The minimum Gasteiger partial charge on any atom is -0.462 e. The molecule has 0 saturated heterocycles. The third kappa shape index (κ3) is 81.3. The normalized spacial score (nSPS) is 14.3. The van der Waals surface area contributed by atoms with E-state index < -0.39 is 26.5 Å². The van der Waals surface area contributed by atoms with Crippen molar-refractivity contribution in [1.29, 1.82) is 0 Å². The smallest absolute Gasteiger partial charge is 0.462 e. The minimum absolute atomic E-state index is 0.0190.